The highest BCUT2D eigenvalue weighted by Crippen LogP contribution is 2.62. The molecule has 0 heterocycles. The molecule has 1 aromatic carbocycles. The fourth-order valence-electron chi connectivity index (χ4n) is 3.15. The Hall–Kier alpha value is -1.21. The summed E-state index contributed by atoms with van der Waals surface area (Å²) in [7, 11) is -7.49. The fourth-order valence-corrected chi connectivity index (χ4v) is 5.97. The zero-order valence-corrected chi connectivity index (χ0v) is 22.0. The van der Waals surface area contributed by atoms with E-state index in [1.807, 2.05) is 30.3 Å². The van der Waals surface area contributed by atoms with E-state index in [0.717, 1.165) is 5.56 Å². The van der Waals surface area contributed by atoms with Gasteiger partial charge in [0.1, 0.15) is 6.10 Å². The van der Waals surface area contributed by atoms with E-state index in [2.05, 4.69) is 0 Å². The highest BCUT2D eigenvalue weighted by Gasteiger charge is 2.54. The quantitative estimate of drug-likeness (QED) is 0.188. The molecule has 0 aromatic heterocycles. The third-order valence-electron chi connectivity index (χ3n) is 5.25. The van der Waals surface area contributed by atoms with Gasteiger partial charge in [0.15, 0.2) is 0 Å². The number of hydrogen-bond donors (Lipinski definition) is 1. The van der Waals surface area contributed by atoms with Crippen molar-refractivity contribution in [3.05, 3.63) is 35.9 Å². The van der Waals surface area contributed by atoms with Gasteiger partial charge >= 0.3 is 21.3 Å². The second-order valence-electron chi connectivity index (χ2n) is 9.13. The Morgan fingerprint density at radius 1 is 1.12 bits per heavy atom. The van der Waals surface area contributed by atoms with Gasteiger partial charge in [0.05, 0.1) is 24.0 Å². The molecule has 1 saturated carbocycles. The molecule has 1 fully saturated rings. The monoisotopic (exact) mass is 506 g/mol. The first kappa shape index (κ1) is 28.0. The lowest BCUT2D eigenvalue weighted by Gasteiger charge is -2.34. The van der Waals surface area contributed by atoms with Crippen molar-refractivity contribution in [2.45, 2.75) is 90.1 Å². The topological polar surface area (TPSA) is 118 Å². The van der Waals surface area contributed by atoms with Crippen LogP contribution in [0.25, 0.3) is 0 Å². The number of carbonyl (C=O) groups excluding carboxylic acids is 1. The van der Waals surface area contributed by atoms with Crippen molar-refractivity contribution in [3.8, 4) is 0 Å². The molecule has 1 N–H and O–H groups in total. The fraction of sp³-hybridized carbons (Fsp3) is 0.682. The lowest BCUT2D eigenvalue weighted by molar-refractivity contribution is -0.0970. The predicted molar refractivity (Wildman–Crippen MR) is 124 cm³/mol. The zero-order valence-electron chi connectivity index (χ0n) is 20.2. The molecular formula is C22H36O9P2. The Morgan fingerprint density at radius 3 is 2.24 bits per heavy atom. The Bertz CT molecular complexity index is 881. The smallest absolute Gasteiger partial charge is 0.431 e. The van der Waals surface area contributed by atoms with E-state index < -0.39 is 44.1 Å². The van der Waals surface area contributed by atoms with Crippen LogP contribution in [0.1, 0.15) is 66.4 Å². The van der Waals surface area contributed by atoms with E-state index in [9.17, 15) is 18.8 Å². The van der Waals surface area contributed by atoms with E-state index in [1.54, 1.807) is 41.5 Å². The van der Waals surface area contributed by atoms with Crippen LogP contribution >= 0.6 is 15.2 Å². The number of ether oxygens (including phenoxy) is 2. The van der Waals surface area contributed by atoms with Gasteiger partial charge in [-0.2, -0.15) is 0 Å². The van der Waals surface area contributed by atoms with Crippen molar-refractivity contribution < 1.29 is 41.9 Å². The largest absolute Gasteiger partial charge is 0.511 e. The van der Waals surface area contributed by atoms with Gasteiger partial charge < -0.3 is 23.4 Å². The van der Waals surface area contributed by atoms with Crippen LogP contribution in [0.15, 0.2) is 30.3 Å². The SMILES string of the molecule is CCOP(=O)(OCc1ccccc1)C(C)(C)CC(C)OC(=O)OC1(OP(=O)(O)C(C)C)CC1. The third kappa shape index (κ3) is 7.91. The van der Waals surface area contributed by atoms with Crippen molar-refractivity contribution >= 4 is 21.3 Å². The third-order valence-corrected chi connectivity index (χ3v) is 9.88. The molecule has 0 aliphatic heterocycles. The second kappa shape index (κ2) is 11.0. The summed E-state index contributed by atoms with van der Waals surface area (Å²) >= 11 is 0. The number of hydrogen-bond acceptors (Lipinski definition) is 8. The molecule has 3 atom stereocenters. The maximum Gasteiger partial charge on any atom is 0.511 e. The minimum atomic E-state index is -3.91. The summed E-state index contributed by atoms with van der Waals surface area (Å²) in [6, 6.07) is 9.34. The van der Waals surface area contributed by atoms with Crippen LogP contribution in [-0.4, -0.2) is 40.4 Å². The van der Waals surface area contributed by atoms with Gasteiger partial charge in [-0.25, -0.2) is 4.79 Å². The molecule has 0 radical (unpaired) electrons. The van der Waals surface area contributed by atoms with Crippen LogP contribution < -0.4 is 0 Å². The highest BCUT2D eigenvalue weighted by molar-refractivity contribution is 7.55. The molecule has 0 saturated heterocycles. The summed E-state index contributed by atoms with van der Waals surface area (Å²) < 4.78 is 52.8. The van der Waals surface area contributed by atoms with Crippen LogP contribution in [0.5, 0.6) is 0 Å². The van der Waals surface area contributed by atoms with Crippen LogP contribution in [0, 0.1) is 0 Å². The highest BCUT2D eigenvalue weighted by atomic mass is 31.2. The van der Waals surface area contributed by atoms with Gasteiger partial charge in [-0.3, -0.25) is 13.7 Å². The van der Waals surface area contributed by atoms with Crippen LogP contribution in [0.2, 0.25) is 0 Å². The summed E-state index contributed by atoms with van der Waals surface area (Å²) in [4.78, 5) is 22.2. The Balaban J connectivity index is 1.96. The Labute approximate surface area is 196 Å². The van der Waals surface area contributed by atoms with Crippen LogP contribution in [-0.2, 0) is 38.8 Å². The Kier molecular flexibility index (Phi) is 9.36. The molecular weight excluding hydrogens is 470 g/mol. The lowest BCUT2D eigenvalue weighted by atomic mass is 10.1. The van der Waals surface area contributed by atoms with E-state index in [-0.39, 0.29) is 19.6 Å². The minimum Gasteiger partial charge on any atom is -0.431 e. The average molecular weight is 506 g/mol. The second-order valence-corrected chi connectivity index (χ2v) is 14.2. The van der Waals surface area contributed by atoms with E-state index in [4.69, 9.17) is 23.0 Å². The molecule has 0 amide bonds. The van der Waals surface area contributed by atoms with Crippen LogP contribution in [0.3, 0.4) is 0 Å². The van der Waals surface area contributed by atoms with Crippen LogP contribution in [0.4, 0.5) is 4.79 Å². The molecule has 0 bridgehead atoms. The summed E-state index contributed by atoms with van der Waals surface area (Å²) in [5, 5.41) is -0.969. The number of carbonyl (C=O) groups is 1. The maximum absolute atomic E-state index is 13.6. The van der Waals surface area contributed by atoms with Gasteiger partial charge in [-0.05, 0) is 33.3 Å². The van der Waals surface area contributed by atoms with Crippen molar-refractivity contribution in [1.82, 2.24) is 0 Å². The molecule has 33 heavy (non-hydrogen) atoms. The molecule has 0 spiro atoms. The standard InChI is InChI=1S/C22H36O9P2/c1-7-27-33(26,28-16-19-11-9-8-10-12-19)21(5,6)15-18(4)29-20(23)30-22(13-14-22)31-32(24,25)17(2)3/h8-12,17-18H,7,13-16H2,1-6H3,(H,24,25). The van der Waals surface area contributed by atoms with Gasteiger partial charge in [0.25, 0.3) is 0 Å². The van der Waals surface area contributed by atoms with Gasteiger partial charge in [-0.1, -0.05) is 44.2 Å². The summed E-state index contributed by atoms with van der Waals surface area (Å²) in [6.07, 6.45) is -0.912. The van der Waals surface area contributed by atoms with Crippen molar-refractivity contribution in [2.24, 2.45) is 0 Å². The molecule has 3 unspecified atom stereocenters. The first-order chi connectivity index (χ1) is 15.2. The molecule has 11 heteroatoms. The molecule has 9 nitrogen and oxygen atoms in total. The van der Waals surface area contributed by atoms with Crippen molar-refractivity contribution in [1.29, 1.82) is 0 Å². The molecule has 1 aliphatic carbocycles. The van der Waals surface area contributed by atoms with Crippen molar-refractivity contribution in [2.75, 3.05) is 6.61 Å². The first-order valence-corrected chi connectivity index (χ1v) is 14.3. The number of rotatable bonds is 13. The maximum atomic E-state index is 13.6. The molecule has 188 valence electrons. The van der Waals surface area contributed by atoms with Gasteiger partial charge in [-0.15, -0.1) is 0 Å². The first-order valence-electron chi connectivity index (χ1n) is 11.1. The molecule has 1 aromatic rings. The zero-order chi connectivity index (χ0) is 24.9. The van der Waals surface area contributed by atoms with E-state index in [1.165, 1.54) is 0 Å². The Morgan fingerprint density at radius 2 is 1.73 bits per heavy atom. The average Bonchev–Trinajstić information content (AvgIpc) is 3.44. The molecule has 1 aliphatic rings. The summed E-state index contributed by atoms with van der Waals surface area (Å²) in [5.74, 6) is -1.43. The minimum absolute atomic E-state index is 0.121. The number of benzene rings is 1. The normalized spacial score (nSPS) is 19.9. The van der Waals surface area contributed by atoms with Gasteiger partial charge in [0.2, 0.25) is 5.79 Å². The predicted octanol–water partition coefficient (Wildman–Crippen LogP) is 6.24. The molecule has 2 rings (SSSR count). The summed E-state index contributed by atoms with van der Waals surface area (Å²) in [5.41, 5.74) is 0.233. The van der Waals surface area contributed by atoms with E-state index in [0.29, 0.717) is 12.8 Å². The summed E-state index contributed by atoms with van der Waals surface area (Å²) in [6.45, 7) is 10.3. The van der Waals surface area contributed by atoms with Crippen molar-refractivity contribution in [3.63, 3.8) is 0 Å². The van der Waals surface area contributed by atoms with E-state index >= 15 is 0 Å². The van der Waals surface area contributed by atoms with Gasteiger partial charge in [0, 0.05) is 19.3 Å². The lowest BCUT2D eigenvalue weighted by Crippen LogP contribution is -2.32.